The Kier molecular flexibility index (Phi) is 6.82. The average Bonchev–Trinajstić information content (AvgIpc) is 2.66. The smallest absolute Gasteiger partial charge is 0.239 e. The van der Waals surface area contributed by atoms with E-state index in [2.05, 4.69) is 20.1 Å². The molecule has 0 spiro atoms. The van der Waals surface area contributed by atoms with Gasteiger partial charge >= 0.3 is 0 Å². The van der Waals surface area contributed by atoms with Gasteiger partial charge in [0, 0.05) is 38.9 Å². The van der Waals surface area contributed by atoms with Gasteiger partial charge in [-0.05, 0) is 24.3 Å². The molecule has 26 heavy (non-hydrogen) atoms. The molecule has 2 aromatic rings. The monoisotopic (exact) mass is 374 g/mol. The van der Waals surface area contributed by atoms with E-state index in [9.17, 15) is 4.79 Å². The number of rotatable bonds is 7. The second-order valence-corrected chi connectivity index (χ2v) is 6.63. The molecule has 7 heteroatoms. The molecule has 2 heterocycles. The molecule has 1 aromatic heterocycles. The van der Waals surface area contributed by atoms with Gasteiger partial charge in [-0.25, -0.2) is 4.98 Å². The molecule has 0 saturated carbocycles. The summed E-state index contributed by atoms with van der Waals surface area (Å²) >= 11 is 5.79. The third-order valence-corrected chi connectivity index (χ3v) is 4.47. The van der Waals surface area contributed by atoms with Gasteiger partial charge in [0.2, 0.25) is 5.91 Å². The summed E-state index contributed by atoms with van der Waals surface area (Å²) in [5, 5.41) is 3.35. The van der Waals surface area contributed by atoms with Crippen molar-refractivity contribution >= 4 is 23.3 Å². The standard InChI is InChI=1S/C19H23ClN4O2/c20-16-6-7-18(21-14-16)22-19(25)15-24-10-8-23(9-11-24)12-13-26-17-4-2-1-3-5-17/h1-7,14H,8-13,15H2,(H,21,22,25). The molecule has 0 atom stereocenters. The first-order valence-electron chi connectivity index (χ1n) is 8.73. The summed E-state index contributed by atoms with van der Waals surface area (Å²) in [6.07, 6.45) is 1.52. The van der Waals surface area contributed by atoms with Crippen LogP contribution in [-0.4, -0.2) is 66.6 Å². The third kappa shape index (κ3) is 5.98. The van der Waals surface area contributed by atoms with Crippen LogP contribution in [0.1, 0.15) is 0 Å². The van der Waals surface area contributed by atoms with E-state index < -0.39 is 0 Å². The summed E-state index contributed by atoms with van der Waals surface area (Å²) in [5.41, 5.74) is 0. The Balaban J connectivity index is 1.33. The van der Waals surface area contributed by atoms with Crippen molar-refractivity contribution in [2.24, 2.45) is 0 Å². The molecule has 1 N–H and O–H groups in total. The zero-order chi connectivity index (χ0) is 18.2. The molecule has 1 aromatic carbocycles. The Hall–Kier alpha value is -2.15. The van der Waals surface area contributed by atoms with Gasteiger partial charge in [0.05, 0.1) is 11.6 Å². The van der Waals surface area contributed by atoms with Gasteiger partial charge in [-0.15, -0.1) is 0 Å². The highest BCUT2D eigenvalue weighted by atomic mass is 35.5. The highest BCUT2D eigenvalue weighted by molar-refractivity contribution is 6.30. The zero-order valence-corrected chi connectivity index (χ0v) is 15.4. The van der Waals surface area contributed by atoms with Crippen LogP contribution in [0.5, 0.6) is 5.75 Å². The summed E-state index contributed by atoms with van der Waals surface area (Å²) in [5.74, 6) is 1.37. The van der Waals surface area contributed by atoms with Crippen molar-refractivity contribution in [3.63, 3.8) is 0 Å². The van der Waals surface area contributed by atoms with E-state index in [-0.39, 0.29) is 5.91 Å². The van der Waals surface area contributed by atoms with E-state index in [4.69, 9.17) is 16.3 Å². The number of nitrogens with one attached hydrogen (secondary N) is 1. The van der Waals surface area contributed by atoms with Gasteiger partial charge in [-0.1, -0.05) is 29.8 Å². The number of pyridine rings is 1. The predicted octanol–water partition coefficient (Wildman–Crippen LogP) is 2.37. The van der Waals surface area contributed by atoms with Crippen molar-refractivity contribution in [3.8, 4) is 5.75 Å². The van der Waals surface area contributed by atoms with Crippen LogP contribution in [0.3, 0.4) is 0 Å². The van der Waals surface area contributed by atoms with Crippen LogP contribution in [0, 0.1) is 0 Å². The minimum atomic E-state index is -0.0549. The number of anilines is 1. The summed E-state index contributed by atoms with van der Waals surface area (Å²) < 4.78 is 5.74. The van der Waals surface area contributed by atoms with Crippen molar-refractivity contribution < 1.29 is 9.53 Å². The normalized spacial score (nSPS) is 15.6. The molecule has 0 bridgehead atoms. The van der Waals surface area contributed by atoms with Crippen LogP contribution in [-0.2, 0) is 4.79 Å². The maximum absolute atomic E-state index is 12.1. The van der Waals surface area contributed by atoms with Crippen LogP contribution >= 0.6 is 11.6 Å². The number of halogens is 1. The fraction of sp³-hybridized carbons (Fsp3) is 0.368. The summed E-state index contributed by atoms with van der Waals surface area (Å²) in [4.78, 5) is 20.7. The number of benzene rings is 1. The number of amides is 1. The van der Waals surface area contributed by atoms with Crippen LogP contribution in [0.15, 0.2) is 48.7 Å². The van der Waals surface area contributed by atoms with Gasteiger partial charge in [0.1, 0.15) is 18.2 Å². The number of aromatic nitrogens is 1. The lowest BCUT2D eigenvalue weighted by molar-refractivity contribution is -0.117. The van der Waals surface area contributed by atoms with Crippen molar-refractivity contribution in [2.75, 3.05) is 51.2 Å². The molecule has 3 rings (SSSR count). The van der Waals surface area contributed by atoms with E-state index >= 15 is 0 Å². The molecule has 138 valence electrons. The highest BCUT2D eigenvalue weighted by Crippen LogP contribution is 2.10. The molecule has 1 amide bonds. The maximum atomic E-state index is 12.1. The van der Waals surface area contributed by atoms with Crippen LogP contribution in [0.2, 0.25) is 5.02 Å². The van der Waals surface area contributed by atoms with E-state index in [0.717, 1.165) is 38.5 Å². The Morgan fingerprint density at radius 3 is 2.50 bits per heavy atom. The molecular formula is C19H23ClN4O2. The van der Waals surface area contributed by atoms with Gasteiger partial charge in [-0.3, -0.25) is 14.6 Å². The Labute approximate surface area is 158 Å². The molecule has 1 fully saturated rings. The minimum Gasteiger partial charge on any atom is -0.492 e. The van der Waals surface area contributed by atoms with Gasteiger partial charge in [0.15, 0.2) is 0 Å². The Morgan fingerprint density at radius 1 is 1.08 bits per heavy atom. The predicted molar refractivity (Wildman–Crippen MR) is 103 cm³/mol. The number of carbonyl (C=O) groups excluding carboxylic acids is 1. The maximum Gasteiger partial charge on any atom is 0.239 e. The molecule has 1 aliphatic rings. The average molecular weight is 375 g/mol. The second kappa shape index (κ2) is 9.52. The van der Waals surface area contributed by atoms with E-state index in [1.54, 1.807) is 12.1 Å². The first-order valence-corrected chi connectivity index (χ1v) is 9.11. The number of hydrogen-bond acceptors (Lipinski definition) is 5. The van der Waals surface area contributed by atoms with E-state index in [1.807, 2.05) is 30.3 Å². The lowest BCUT2D eigenvalue weighted by atomic mass is 10.3. The lowest BCUT2D eigenvalue weighted by Gasteiger charge is -2.34. The quantitative estimate of drug-likeness (QED) is 0.806. The van der Waals surface area contributed by atoms with Crippen LogP contribution < -0.4 is 10.1 Å². The van der Waals surface area contributed by atoms with Crippen molar-refractivity contribution in [1.29, 1.82) is 0 Å². The number of piperazine rings is 1. The summed E-state index contributed by atoms with van der Waals surface area (Å²) in [6.45, 7) is 5.55. The molecule has 1 aliphatic heterocycles. The summed E-state index contributed by atoms with van der Waals surface area (Å²) in [6, 6.07) is 13.3. The number of ether oxygens (including phenoxy) is 1. The number of carbonyl (C=O) groups is 1. The molecule has 0 aliphatic carbocycles. The minimum absolute atomic E-state index is 0.0549. The van der Waals surface area contributed by atoms with Crippen LogP contribution in [0.4, 0.5) is 5.82 Å². The Bertz CT molecular complexity index is 688. The fourth-order valence-corrected chi connectivity index (χ4v) is 2.93. The van der Waals surface area contributed by atoms with Crippen molar-refractivity contribution in [1.82, 2.24) is 14.8 Å². The molecular weight excluding hydrogens is 352 g/mol. The van der Waals surface area contributed by atoms with E-state index in [0.29, 0.717) is 24.0 Å². The molecule has 0 radical (unpaired) electrons. The van der Waals surface area contributed by atoms with Crippen LogP contribution in [0.25, 0.3) is 0 Å². The zero-order valence-electron chi connectivity index (χ0n) is 14.6. The largest absolute Gasteiger partial charge is 0.492 e. The topological polar surface area (TPSA) is 57.7 Å². The first kappa shape index (κ1) is 18.6. The van der Waals surface area contributed by atoms with Gasteiger partial charge < -0.3 is 10.1 Å². The first-order chi connectivity index (χ1) is 12.7. The Morgan fingerprint density at radius 2 is 1.81 bits per heavy atom. The fourth-order valence-electron chi connectivity index (χ4n) is 2.82. The summed E-state index contributed by atoms with van der Waals surface area (Å²) in [7, 11) is 0. The van der Waals surface area contributed by atoms with E-state index in [1.165, 1.54) is 6.20 Å². The molecule has 0 unspecified atom stereocenters. The second-order valence-electron chi connectivity index (χ2n) is 6.19. The van der Waals surface area contributed by atoms with Gasteiger partial charge in [-0.2, -0.15) is 0 Å². The number of nitrogens with zero attached hydrogens (tertiary/aromatic N) is 3. The lowest BCUT2D eigenvalue weighted by Crippen LogP contribution is -2.49. The highest BCUT2D eigenvalue weighted by Gasteiger charge is 2.19. The van der Waals surface area contributed by atoms with Crippen molar-refractivity contribution in [2.45, 2.75) is 0 Å². The third-order valence-electron chi connectivity index (χ3n) is 4.25. The molecule has 6 nitrogen and oxygen atoms in total. The van der Waals surface area contributed by atoms with Gasteiger partial charge in [0.25, 0.3) is 0 Å². The van der Waals surface area contributed by atoms with Crippen molar-refractivity contribution in [3.05, 3.63) is 53.7 Å². The number of para-hydroxylation sites is 1. The SMILES string of the molecule is O=C(CN1CCN(CCOc2ccccc2)CC1)Nc1ccc(Cl)cn1. The molecule has 1 saturated heterocycles. The number of hydrogen-bond donors (Lipinski definition) is 1.